The average Bonchev–Trinajstić information content (AvgIpc) is 2.88. The number of aryl methyl sites for hydroxylation is 1. The van der Waals surface area contributed by atoms with Crippen LogP contribution < -0.4 is 10.6 Å². The highest BCUT2D eigenvalue weighted by atomic mass is 32.1. The summed E-state index contributed by atoms with van der Waals surface area (Å²) in [6.45, 7) is 11.8. The Hall–Kier alpha value is -2.67. The molecule has 0 saturated heterocycles. The van der Waals surface area contributed by atoms with E-state index >= 15 is 0 Å². The number of carbonyl (C=O) groups is 3. The van der Waals surface area contributed by atoms with Gasteiger partial charge >= 0.3 is 6.09 Å². The summed E-state index contributed by atoms with van der Waals surface area (Å²) in [5, 5.41) is 5.39. The molecule has 1 heterocycles. The van der Waals surface area contributed by atoms with Gasteiger partial charge in [-0.1, -0.05) is 32.9 Å². The molecule has 0 unspecified atom stereocenters. The van der Waals surface area contributed by atoms with E-state index in [-0.39, 0.29) is 23.5 Å². The van der Waals surface area contributed by atoms with Gasteiger partial charge in [-0.3, -0.25) is 14.9 Å². The van der Waals surface area contributed by atoms with E-state index < -0.39 is 12.0 Å². The lowest BCUT2D eigenvalue weighted by Crippen LogP contribution is -2.31. The Labute approximate surface area is 169 Å². The number of ether oxygens (including phenoxy) is 1. The number of imide groups is 1. The zero-order chi connectivity index (χ0) is 21.1. The van der Waals surface area contributed by atoms with Gasteiger partial charge in [0.1, 0.15) is 5.00 Å². The van der Waals surface area contributed by atoms with Crippen molar-refractivity contribution in [3.63, 3.8) is 0 Å². The molecule has 6 nitrogen and oxygen atoms in total. The predicted molar refractivity (Wildman–Crippen MR) is 111 cm³/mol. The molecule has 0 saturated carbocycles. The zero-order valence-corrected chi connectivity index (χ0v) is 17.9. The van der Waals surface area contributed by atoms with Gasteiger partial charge in [-0.2, -0.15) is 0 Å². The van der Waals surface area contributed by atoms with E-state index in [2.05, 4.69) is 31.4 Å². The van der Waals surface area contributed by atoms with Gasteiger partial charge in [-0.05, 0) is 49.4 Å². The molecule has 0 radical (unpaired) electrons. The van der Waals surface area contributed by atoms with Gasteiger partial charge in [0.25, 0.3) is 11.8 Å². The second kappa shape index (κ2) is 8.56. The fourth-order valence-corrected chi connectivity index (χ4v) is 3.66. The summed E-state index contributed by atoms with van der Waals surface area (Å²) in [5.74, 6) is -0.912. The largest absolute Gasteiger partial charge is 0.450 e. The van der Waals surface area contributed by atoms with Crippen molar-refractivity contribution in [3.8, 4) is 0 Å². The third-order valence-corrected chi connectivity index (χ3v) is 5.47. The summed E-state index contributed by atoms with van der Waals surface area (Å²) < 4.78 is 4.75. The Balaban J connectivity index is 2.24. The van der Waals surface area contributed by atoms with Gasteiger partial charge in [0.15, 0.2) is 0 Å². The minimum Gasteiger partial charge on any atom is -0.450 e. The van der Waals surface area contributed by atoms with Crippen LogP contribution in [-0.2, 0) is 10.2 Å². The highest BCUT2D eigenvalue weighted by Crippen LogP contribution is 2.33. The minimum atomic E-state index is -0.814. The second-order valence-electron chi connectivity index (χ2n) is 7.44. The fourth-order valence-electron chi connectivity index (χ4n) is 2.61. The quantitative estimate of drug-likeness (QED) is 0.769. The molecule has 0 bridgehead atoms. The molecule has 0 aliphatic carbocycles. The van der Waals surface area contributed by atoms with Crippen LogP contribution in [0.1, 0.15) is 64.4 Å². The molecule has 0 atom stereocenters. The molecule has 2 aromatic rings. The molecule has 150 valence electrons. The summed E-state index contributed by atoms with van der Waals surface area (Å²) in [5.41, 5.74) is 2.60. The highest BCUT2D eigenvalue weighted by Gasteiger charge is 2.23. The van der Waals surface area contributed by atoms with E-state index in [1.54, 1.807) is 26.0 Å². The van der Waals surface area contributed by atoms with Crippen molar-refractivity contribution in [2.24, 2.45) is 0 Å². The predicted octanol–water partition coefficient (Wildman–Crippen LogP) is 4.80. The van der Waals surface area contributed by atoms with Gasteiger partial charge in [-0.25, -0.2) is 4.79 Å². The van der Waals surface area contributed by atoms with Crippen LogP contribution >= 0.6 is 11.3 Å². The summed E-state index contributed by atoms with van der Waals surface area (Å²) in [4.78, 5) is 37.6. The number of anilines is 1. The van der Waals surface area contributed by atoms with Gasteiger partial charge in [0, 0.05) is 10.4 Å². The smallest absolute Gasteiger partial charge is 0.414 e. The van der Waals surface area contributed by atoms with E-state index in [1.165, 1.54) is 11.3 Å². The lowest BCUT2D eigenvalue weighted by molar-refractivity contribution is 0.0925. The molecule has 1 aromatic carbocycles. The van der Waals surface area contributed by atoms with Gasteiger partial charge in [0.05, 0.1) is 12.2 Å². The molecular formula is C21H26N2O4S. The number of rotatable bonds is 4. The van der Waals surface area contributed by atoms with E-state index in [9.17, 15) is 14.4 Å². The first-order chi connectivity index (χ1) is 13.0. The zero-order valence-electron chi connectivity index (χ0n) is 17.1. The fraction of sp³-hybridized carbons (Fsp3) is 0.381. The van der Waals surface area contributed by atoms with Crippen molar-refractivity contribution in [1.82, 2.24) is 5.32 Å². The van der Waals surface area contributed by atoms with E-state index in [0.29, 0.717) is 16.1 Å². The Morgan fingerprint density at radius 3 is 2.18 bits per heavy atom. The van der Waals surface area contributed by atoms with E-state index in [4.69, 9.17) is 4.74 Å². The summed E-state index contributed by atoms with van der Waals surface area (Å²) >= 11 is 1.30. The molecule has 0 spiro atoms. The van der Waals surface area contributed by atoms with Crippen molar-refractivity contribution in [3.05, 3.63) is 51.4 Å². The van der Waals surface area contributed by atoms with Crippen molar-refractivity contribution < 1.29 is 19.1 Å². The average molecular weight is 403 g/mol. The SMILES string of the molecule is CCOC(=O)NC(=O)c1c(NC(=O)c2ccc(C(C)(C)C)cc2)sc(C)c1C. The van der Waals surface area contributed by atoms with Crippen LogP contribution in [0.15, 0.2) is 24.3 Å². The van der Waals surface area contributed by atoms with Gasteiger partial charge in [0.2, 0.25) is 0 Å². The lowest BCUT2D eigenvalue weighted by Gasteiger charge is -2.19. The molecule has 2 rings (SSSR count). The molecule has 0 fully saturated rings. The Kier molecular flexibility index (Phi) is 6.61. The van der Waals surface area contributed by atoms with Crippen molar-refractivity contribution in [1.29, 1.82) is 0 Å². The van der Waals surface area contributed by atoms with E-state index in [1.807, 2.05) is 19.1 Å². The molecule has 28 heavy (non-hydrogen) atoms. The van der Waals surface area contributed by atoms with Gasteiger partial charge < -0.3 is 10.1 Å². The first-order valence-corrected chi connectivity index (χ1v) is 9.86. The minimum absolute atomic E-state index is 0.00462. The standard InChI is InChI=1S/C21H26N2O4S/c1-7-27-20(26)23-18(25)16-12(2)13(3)28-19(16)22-17(24)14-8-10-15(11-9-14)21(4,5)6/h8-11H,7H2,1-6H3,(H,22,24)(H,23,25,26). The Bertz CT molecular complexity index is 892. The van der Waals surface area contributed by atoms with Crippen LogP contribution in [0, 0.1) is 13.8 Å². The summed E-state index contributed by atoms with van der Waals surface area (Å²) in [6, 6.07) is 7.38. The van der Waals surface area contributed by atoms with Gasteiger partial charge in [-0.15, -0.1) is 11.3 Å². The van der Waals surface area contributed by atoms with E-state index in [0.717, 1.165) is 10.4 Å². The van der Waals surface area contributed by atoms with Crippen LogP contribution in [0.25, 0.3) is 0 Å². The number of benzene rings is 1. The number of hydrogen-bond acceptors (Lipinski definition) is 5. The van der Waals surface area contributed by atoms with Crippen LogP contribution in [0.5, 0.6) is 0 Å². The normalized spacial score (nSPS) is 11.1. The molecular weight excluding hydrogens is 376 g/mol. The monoisotopic (exact) mass is 402 g/mol. The molecule has 0 aliphatic rings. The first kappa shape index (κ1) is 21.6. The second-order valence-corrected chi connectivity index (χ2v) is 8.67. The maximum atomic E-state index is 12.7. The molecule has 2 N–H and O–H groups in total. The maximum absolute atomic E-state index is 12.7. The van der Waals surface area contributed by atoms with Crippen LogP contribution in [0.2, 0.25) is 0 Å². The summed E-state index contributed by atoms with van der Waals surface area (Å²) in [7, 11) is 0. The molecule has 1 aromatic heterocycles. The topological polar surface area (TPSA) is 84.5 Å². The first-order valence-electron chi connectivity index (χ1n) is 9.04. The van der Waals surface area contributed by atoms with Crippen LogP contribution in [0.3, 0.4) is 0 Å². The number of alkyl carbamates (subject to hydrolysis) is 1. The number of thiophene rings is 1. The van der Waals surface area contributed by atoms with Crippen molar-refractivity contribution >= 4 is 34.2 Å². The molecule has 7 heteroatoms. The van der Waals surface area contributed by atoms with Crippen LogP contribution in [0.4, 0.5) is 9.80 Å². The molecule has 3 amide bonds. The third kappa shape index (κ3) is 4.98. The Morgan fingerprint density at radius 2 is 1.64 bits per heavy atom. The highest BCUT2D eigenvalue weighted by molar-refractivity contribution is 7.16. The number of nitrogens with one attached hydrogen (secondary N) is 2. The summed E-state index contributed by atoms with van der Waals surface area (Å²) in [6.07, 6.45) is -0.814. The van der Waals surface area contributed by atoms with Crippen LogP contribution in [-0.4, -0.2) is 24.5 Å². The maximum Gasteiger partial charge on any atom is 0.414 e. The van der Waals surface area contributed by atoms with Crippen molar-refractivity contribution in [2.45, 2.75) is 47.0 Å². The number of amides is 3. The number of carbonyl (C=O) groups excluding carboxylic acids is 3. The third-order valence-electron chi connectivity index (χ3n) is 4.34. The van der Waals surface area contributed by atoms with Crippen molar-refractivity contribution in [2.75, 3.05) is 11.9 Å². The molecule has 0 aliphatic heterocycles. The lowest BCUT2D eigenvalue weighted by atomic mass is 9.87. The Morgan fingerprint density at radius 1 is 1.04 bits per heavy atom. The number of hydrogen-bond donors (Lipinski definition) is 2.